The smallest absolute Gasteiger partial charge is 0.277 e. The van der Waals surface area contributed by atoms with Crippen LogP contribution in [0.1, 0.15) is 12.5 Å². The maximum Gasteiger partial charge on any atom is 0.277 e. The van der Waals surface area contributed by atoms with Crippen LogP contribution in [0.4, 0.5) is 10.1 Å². The zero-order chi connectivity index (χ0) is 17.8. The summed E-state index contributed by atoms with van der Waals surface area (Å²) in [4.78, 5) is 12.3. The van der Waals surface area contributed by atoms with Crippen LogP contribution in [0.25, 0.3) is 11.5 Å². The number of nitrogens with zero attached hydrogens (tertiary/aromatic N) is 2. The summed E-state index contributed by atoms with van der Waals surface area (Å²) in [7, 11) is 0. The van der Waals surface area contributed by atoms with Gasteiger partial charge in [0.15, 0.2) is 0 Å². The van der Waals surface area contributed by atoms with Crippen molar-refractivity contribution >= 4 is 23.4 Å². The van der Waals surface area contributed by atoms with E-state index in [4.69, 9.17) is 4.42 Å². The number of aromatic nitrogens is 2. The molecule has 1 N–H and O–H groups in total. The van der Waals surface area contributed by atoms with Gasteiger partial charge in [-0.1, -0.05) is 29.5 Å². The summed E-state index contributed by atoms with van der Waals surface area (Å²) in [6, 6.07) is 13.3. The molecule has 0 spiro atoms. The van der Waals surface area contributed by atoms with Crippen molar-refractivity contribution in [3.8, 4) is 11.5 Å². The molecule has 1 unspecified atom stereocenters. The second-order valence-electron chi connectivity index (χ2n) is 5.50. The van der Waals surface area contributed by atoms with E-state index in [0.29, 0.717) is 5.56 Å². The first-order valence-electron chi connectivity index (χ1n) is 7.65. The van der Waals surface area contributed by atoms with E-state index in [0.717, 1.165) is 11.3 Å². The number of amides is 1. The molecule has 7 heteroatoms. The molecule has 0 aliphatic carbocycles. The quantitative estimate of drug-likeness (QED) is 0.690. The van der Waals surface area contributed by atoms with E-state index in [-0.39, 0.29) is 22.8 Å². The average Bonchev–Trinajstić information content (AvgIpc) is 3.06. The number of halogens is 1. The Morgan fingerprint density at radius 1 is 1.12 bits per heavy atom. The third-order valence-electron chi connectivity index (χ3n) is 3.46. The van der Waals surface area contributed by atoms with Crippen molar-refractivity contribution in [1.29, 1.82) is 0 Å². The van der Waals surface area contributed by atoms with E-state index in [1.807, 2.05) is 31.2 Å². The minimum absolute atomic E-state index is 0.157. The van der Waals surface area contributed by atoms with Gasteiger partial charge in [-0.2, -0.15) is 0 Å². The maximum atomic E-state index is 13.0. The molecule has 0 aliphatic heterocycles. The largest absolute Gasteiger partial charge is 0.411 e. The van der Waals surface area contributed by atoms with E-state index >= 15 is 0 Å². The summed E-state index contributed by atoms with van der Waals surface area (Å²) in [6.45, 7) is 3.74. The van der Waals surface area contributed by atoms with Crippen LogP contribution in [0.5, 0.6) is 0 Å². The van der Waals surface area contributed by atoms with Crippen LogP contribution in [0.2, 0.25) is 0 Å². The standard InChI is InChI=1S/C18H16FN3O2S/c1-11-3-9-15(10-4-11)20-16(23)12(2)25-18-22-21-17(24-18)13-5-7-14(19)8-6-13/h3-10,12H,1-2H3,(H,20,23). The molecule has 0 saturated heterocycles. The van der Waals surface area contributed by atoms with Gasteiger partial charge in [0.25, 0.3) is 5.22 Å². The van der Waals surface area contributed by atoms with Crippen LogP contribution < -0.4 is 5.32 Å². The van der Waals surface area contributed by atoms with Crippen molar-refractivity contribution in [2.75, 3.05) is 5.32 Å². The molecule has 1 heterocycles. The summed E-state index contributed by atoms with van der Waals surface area (Å²) in [5.74, 6) is -0.205. The third kappa shape index (κ3) is 4.45. The van der Waals surface area contributed by atoms with Gasteiger partial charge in [-0.05, 0) is 50.2 Å². The Bertz CT molecular complexity index is 863. The monoisotopic (exact) mass is 357 g/mol. The molecule has 3 aromatic rings. The van der Waals surface area contributed by atoms with E-state index < -0.39 is 5.25 Å². The minimum atomic E-state index is -0.414. The molecule has 0 fully saturated rings. The van der Waals surface area contributed by atoms with Crippen molar-refractivity contribution in [3.63, 3.8) is 0 Å². The summed E-state index contributed by atoms with van der Waals surface area (Å²) >= 11 is 1.17. The Labute approximate surface area is 148 Å². The molecule has 128 valence electrons. The van der Waals surface area contributed by atoms with Crippen LogP contribution in [0, 0.1) is 12.7 Å². The maximum absolute atomic E-state index is 13.0. The Balaban J connectivity index is 1.62. The van der Waals surface area contributed by atoms with Gasteiger partial charge in [-0.25, -0.2) is 4.39 Å². The zero-order valence-electron chi connectivity index (χ0n) is 13.7. The lowest BCUT2D eigenvalue weighted by molar-refractivity contribution is -0.115. The fourth-order valence-corrected chi connectivity index (χ4v) is 2.74. The number of aryl methyl sites for hydroxylation is 1. The number of thioether (sulfide) groups is 1. The van der Waals surface area contributed by atoms with Gasteiger partial charge in [-0.3, -0.25) is 4.79 Å². The first kappa shape index (κ1) is 17.2. The van der Waals surface area contributed by atoms with Gasteiger partial charge < -0.3 is 9.73 Å². The van der Waals surface area contributed by atoms with Crippen LogP contribution in [-0.4, -0.2) is 21.4 Å². The molecule has 5 nitrogen and oxygen atoms in total. The zero-order valence-corrected chi connectivity index (χ0v) is 14.5. The highest BCUT2D eigenvalue weighted by molar-refractivity contribution is 8.00. The predicted octanol–water partition coefficient (Wildman–Crippen LogP) is 4.30. The van der Waals surface area contributed by atoms with Gasteiger partial charge in [0.1, 0.15) is 5.82 Å². The first-order chi connectivity index (χ1) is 12.0. The summed E-state index contributed by atoms with van der Waals surface area (Å²) in [5.41, 5.74) is 2.48. The van der Waals surface area contributed by atoms with Crippen molar-refractivity contribution < 1.29 is 13.6 Å². The summed E-state index contributed by atoms with van der Waals surface area (Å²) < 4.78 is 18.5. The van der Waals surface area contributed by atoms with Gasteiger partial charge in [-0.15, -0.1) is 10.2 Å². The van der Waals surface area contributed by atoms with E-state index in [1.54, 1.807) is 19.1 Å². The number of rotatable bonds is 5. The average molecular weight is 357 g/mol. The van der Waals surface area contributed by atoms with Crippen molar-refractivity contribution in [2.24, 2.45) is 0 Å². The molecule has 1 aromatic heterocycles. The highest BCUT2D eigenvalue weighted by Crippen LogP contribution is 2.26. The number of hydrogen-bond acceptors (Lipinski definition) is 5. The molecule has 0 bridgehead atoms. The lowest BCUT2D eigenvalue weighted by Crippen LogP contribution is -2.22. The van der Waals surface area contributed by atoms with Crippen LogP contribution in [-0.2, 0) is 4.79 Å². The topological polar surface area (TPSA) is 68.0 Å². The lowest BCUT2D eigenvalue weighted by atomic mass is 10.2. The van der Waals surface area contributed by atoms with E-state index in [1.165, 1.54) is 23.9 Å². The van der Waals surface area contributed by atoms with Gasteiger partial charge in [0, 0.05) is 11.3 Å². The molecular weight excluding hydrogens is 341 g/mol. The van der Waals surface area contributed by atoms with Crippen molar-refractivity contribution in [1.82, 2.24) is 10.2 Å². The second-order valence-corrected chi connectivity index (χ2v) is 6.79. The summed E-state index contributed by atoms with van der Waals surface area (Å²) in [5, 5.41) is 10.6. The molecule has 1 amide bonds. The number of carbonyl (C=O) groups excluding carboxylic acids is 1. The van der Waals surface area contributed by atoms with Gasteiger partial charge in [0.2, 0.25) is 11.8 Å². The molecular formula is C18H16FN3O2S. The predicted molar refractivity (Wildman–Crippen MR) is 94.8 cm³/mol. The van der Waals surface area contributed by atoms with Gasteiger partial charge in [0.05, 0.1) is 5.25 Å². The molecule has 2 aromatic carbocycles. The molecule has 25 heavy (non-hydrogen) atoms. The Morgan fingerprint density at radius 2 is 1.80 bits per heavy atom. The second kappa shape index (κ2) is 7.48. The van der Waals surface area contributed by atoms with E-state index in [9.17, 15) is 9.18 Å². The number of carbonyl (C=O) groups is 1. The van der Waals surface area contributed by atoms with Crippen LogP contribution >= 0.6 is 11.8 Å². The third-order valence-corrected chi connectivity index (χ3v) is 4.40. The Kier molecular flexibility index (Phi) is 5.14. The van der Waals surface area contributed by atoms with E-state index in [2.05, 4.69) is 15.5 Å². The van der Waals surface area contributed by atoms with Crippen LogP contribution in [0.15, 0.2) is 58.2 Å². The fraction of sp³-hybridized carbons (Fsp3) is 0.167. The number of hydrogen-bond donors (Lipinski definition) is 1. The van der Waals surface area contributed by atoms with Crippen LogP contribution in [0.3, 0.4) is 0 Å². The summed E-state index contributed by atoms with van der Waals surface area (Å²) in [6.07, 6.45) is 0. The SMILES string of the molecule is Cc1ccc(NC(=O)C(C)Sc2nnc(-c3ccc(F)cc3)o2)cc1. The number of nitrogens with one attached hydrogen (secondary N) is 1. The normalized spacial score (nSPS) is 12.0. The molecule has 3 rings (SSSR count). The lowest BCUT2D eigenvalue weighted by Gasteiger charge is -2.10. The van der Waals surface area contributed by atoms with Gasteiger partial charge >= 0.3 is 0 Å². The molecule has 0 saturated carbocycles. The molecule has 1 atom stereocenters. The molecule has 0 aliphatic rings. The highest BCUT2D eigenvalue weighted by atomic mass is 32.2. The fourth-order valence-electron chi connectivity index (χ4n) is 2.05. The number of benzene rings is 2. The minimum Gasteiger partial charge on any atom is -0.411 e. The molecule has 0 radical (unpaired) electrons. The Hall–Kier alpha value is -2.67. The first-order valence-corrected chi connectivity index (χ1v) is 8.53. The highest BCUT2D eigenvalue weighted by Gasteiger charge is 2.19. The Morgan fingerprint density at radius 3 is 2.48 bits per heavy atom. The van der Waals surface area contributed by atoms with Crippen molar-refractivity contribution in [3.05, 3.63) is 59.9 Å². The number of anilines is 1. The van der Waals surface area contributed by atoms with Crippen molar-refractivity contribution in [2.45, 2.75) is 24.3 Å².